The zero-order valence-corrected chi connectivity index (χ0v) is 12.2. The van der Waals surface area contributed by atoms with Crippen molar-refractivity contribution >= 4 is 33.4 Å². The number of hydrogen-bond donors (Lipinski definition) is 2. The van der Waals surface area contributed by atoms with Gasteiger partial charge in [-0.15, -0.1) is 0 Å². The Hall–Kier alpha value is -0.700. The van der Waals surface area contributed by atoms with Crippen LogP contribution in [0, 0.1) is 11.3 Å². The zero-order chi connectivity index (χ0) is 12.9. The predicted molar refractivity (Wildman–Crippen MR) is 76.4 cm³/mol. The number of rotatable bonds is 5. The number of halogens is 1. The van der Waals surface area contributed by atoms with Gasteiger partial charge in [0, 0.05) is 22.5 Å². The first kappa shape index (κ1) is 14.4. The Kier molecular flexibility index (Phi) is 5.31. The largest absolute Gasteiger partial charge is 0.387 e. The van der Waals surface area contributed by atoms with Crippen LogP contribution in [0.5, 0.6) is 0 Å². The molecule has 17 heavy (non-hydrogen) atoms. The van der Waals surface area contributed by atoms with E-state index in [4.69, 9.17) is 5.26 Å². The standard InChI is InChI=1S/C12H15BrN2OS/c1-12(16,8-17-2)7-15-11-4-3-9(6-14)5-10(11)13/h3-5,15-16H,7-8H2,1-2H3. The van der Waals surface area contributed by atoms with Crippen LogP contribution in [0.25, 0.3) is 0 Å². The van der Waals surface area contributed by atoms with E-state index in [1.807, 2.05) is 12.3 Å². The normalized spacial score (nSPS) is 13.8. The summed E-state index contributed by atoms with van der Waals surface area (Å²) in [6, 6.07) is 7.41. The third-order valence-corrected chi connectivity index (χ3v) is 3.78. The van der Waals surface area contributed by atoms with Crippen molar-refractivity contribution in [1.82, 2.24) is 0 Å². The number of nitriles is 1. The summed E-state index contributed by atoms with van der Waals surface area (Å²) in [6.45, 7) is 2.27. The van der Waals surface area contributed by atoms with Gasteiger partial charge in [0.2, 0.25) is 0 Å². The van der Waals surface area contributed by atoms with E-state index in [0.29, 0.717) is 17.9 Å². The van der Waals surface area contributed by atoms with E-state index < -0.39 is 5.60 Å². The minimum Gasteiger partial charge on any atom is -0.387 e. The zero-order valence-electron chi connectivity index (χ0n) is 9.83. The molecule has 0 aliphatic heterocycles. The maximum atomic E-state index is 10.0. The van der Waals surface area contributed by atoms with Crippen molar-refractivity contribution in [3.63, 3.8) is 0 Å². The fraction of sp³-hybridized carbons (Fsp3) is 0.417. The van der Waals surface area contributed by atoms with Crippen molar-refractivity contribution in [3.05, 3.63) is 28.2 Å². The monoisotopic (exact) mass is 314 g/mol. The van der Waals surface area contributed by atoms with E-state index in [2.05, 4.69) is 27.3 Å². The number of anilines is 1. The molecule has 0 saturated carbocycles. The van der Waals surface area contributed by atoms with Crippen molar-refractivity contribution in [2.75, 3.05) is 23.9 Å². The molecule has 2 N–H and O–H groups in total. The molecule has 0 heterocycles. The van der Waals surface area contributed by atoms with Crippen molar-refractivity contribution in [1.29, 1.82) is 5.26 Å². The molecule has 5 heteroatoms. The molecule has 1 unspecified atom stereocenters. The molecule has 1 aromatic carbocycles. The molecule has 0 bridgehead atoms. The highest BCUT2D eigenvalue weighted by molar-refractivity contribution is 9.10. The Morgan fingerprint density at radius 1 is 1.59 bits per heavy atom. The molecule has 0 fully saturated rings. The van der Waals surface area contributed by atoms with Gasteiger partial charge in [-0.1, -0.05) is 0 Å². The van der Waals surface area contributed by atoms with Crippen LogP contribution in [-0.4, -0.2) is 29.3 Å². The van der Waals surface area contributed by atoms with Gasteiger partial charge in [-0.25, -0.2) is 0 Å². The Balaban J connectivity index is 2.67. The van der Waals surface area contributed by atoms with Crippen molar-refractivity contribution in [2.45, 2.75) is 12.5 Å². The van der Waals surface area contributed by atoms with E-state index in [0.717, 1.165) is 10.2 Å². The molecule has 0 aliphatic rings. The van der Waals surface area contributed by atoms with Crippen molar-refractivity contribution < 1.29 is 5.11 Å². The molecule has 1 aromatic rings. The van der Waals surface area contributed by atoms with E-state index in [1.165, 1.54) is 0 Å². The van der Waals surface area contributed by atoms with Crippen LogP contribution in [0.3, 0.4) is 0 Å². The lowest BCUT2D eigenvalue weighted by Gasteiger charge is -2.23. The van der Waals surface area contributed by atoms with Gasteiger partial charge in [0.05, 0.1) is 17.2 Å². The number of nitrogens with one attached hydrogen (secondary N) is 1. The molecular weight excluding hydrogens is 300 g/mol. The van der Waals surface area contributed by atoms with Gasteiger partial charge in [-0.3, -0.25) is 0 Å². The van der Waals surface area contributed by atoms with Crippen molar-refractivity contribution in [3.8, 4) is 6.07 Å². The van der Waals surface area contributed by atoms with E-state index >= 15 is 0 Å². The smallest absolute Gasteiger partial charge is 0.0992 e. The molecule has 92 valence electrons. The lowest BCUT2D eigenvalue weighted by atomic mass is 10.1. The summed E-state index contributed by atoms with van der Waals surface area (Å²) in [5, 5.41) is 21.9. The van der Waals surface area contributed by atoms with Crippen LogP contribution in [0.4, 0.5) is 5.69 Å². The molecule has 0 saturated heterocycles. The molecule has 1 rings (SSSR count). The van der Waals surface area contributed by atoms with Crippen molar-refractivity contribution in [2.24, 2.45) is 0 Å². The third-order valence-electron chi connectivity index (χ3n) is 2.21. The number of aliphatic hydroxyl groups is 1. The lowest BCUT2D eigenvalue weighted by Crippen LogP contribution is -2.36. The molecule has 0 aromatic heterocycles. The van der Waals surface area contributed by atoms with Crippen LogP contribution in [-0.2, 0) is 0 Å². The number of thioether (sulfide) groups is 1. The fourth-order valence-corrected chi connectivity index (χ4v) is 2.62. The quantitative estimate of drug-likeness (QED) is 0.877. The summed E-state index contributed by atoms with van der Waals surface area (Å²) >= 11 is 5.00. The summed E-state index contributed by atoms with van der Waals surface area (Å²) in [6.07, 6.45) is 1.96. The van der Waals surface area contributed by atoms with Gasteiger partial charge in [-0.05, 0) is 47.3 Å². The molecule has 0 aliphatic carbocycles. The fourth-order valence-electron chi connectivity index (χ4n) is 1.38. The van der Waals surface area contributed by atoms with Gasteiger partial charge in [0.25, 0.3) is 0 Å². The van der Waals surface area contributed by atoms with E-state index in [1.54, 1.807) is 30.8 Å². The van der Waals surface area contributed by atoms with Gasteiger partial charge >= 0.3 is 0 Å². The second kappa shape index (κ2) is 6.29. The maximum absolute atomic E-state index is 10.0. The second-order valence-electron chi connectivity index (χ2n) is 4.09. The summed E-state index contributed by atoms with van der Waals surface area (Å²) in [5.74, 6) is 0.675. The van der Waals surface area contributed by atoms with Crippen LogP contribution in [0.2, 0.25) is 0 Å². The molecule has 3 nitrogen and oxygen atoms in total. The Morgan fingerprint density at radius 2 is 2.29 bits per heavy atom. The van der Waals surface area contributed by atoms with Crippen LogP contribution in [0.15, 0.2) is 22.7 Å². The lowest BCUT2D eigenvalue weighted by molar-refractivity contribution is 0.0997. The van der Waals surface area contributed by atoms with Gasteiger partial charge < -0.3 is 10.4 Å². The summed E-state index contributed by atoms with van der Waals surface area (Å²) in [4.78, 5) is 0. The van der Waals surface area contributed by atoms with E-state index in [9.17, 15) is 5.11 Å². The minimum atomic E-state index is -0.743. The van der Waals surface area contributed by atoms with Crippen LogP contribution < -0.4 is 5.32 Å². The molecule has 0 spiro atoms. The highest BCUT2D eigenvalue weighted by Crippen LogP contribution is 2.24. The Labute approximate surface area is 114 Å². The first-order chi connectivity index (χ1) is 7.98. The average molecular weight is 315 g/mol. The summed E-state index contributed by atoms with van der Waals surface area (Å²) in [7, 11) is 0. The molecule has 0 radical (unpaired) electrons. The maximum Gasteiger partial charge on any atom is 0.0992 e. The Morgan fingerprint density at radius 3 is 2.82 bits per heavy atom. The van der Waals surface area contributed by atoms with Crippen LogP contribution in [0.1, 0.15) is 12.5 Å². The number of nitrogens with zero attached hydrogens (tertiary/aromatic N) is 1. The van der Waals surface area contributed by atoms with Gasteiger partial charge in [0.15, 0.2) is 0 Å². The molecular formula is C12H15BrN2OS. The average Bonchev–Trinajstić information content (AvgIpc) is 2.27. The van der Waals surface area contributed by atoms with Crippen LogP contribution >= 0.6 is 27.7 Å². The number of benzene rings is 1. The highest BCUT2D eigenvalue weighted by Gasteiger charge is 2.19. The van der Waals surface area contributed by atoms with Gasteiger partial charge in [0.1, 0.15) is 0 Å². The van der Waals surface area contributed by atoms with E-state index in [-0.39, 0.29) is 0 Å². The Bertz CT molecular complexity index is 429. The minimum absolute atomic E-state index is 0.471. The predicted octanol–water partition coefficient (Wildman–Crippen LogP) is 2.85. The SMILES string of the molecule is CSCC(C)(O)CNc1ccc(C#N)cc1Br. The topological polar surface area (TPSA) is 56.0 Å². The summed E-state index contributed by atoms with van der Waals surface area (Å²) in [5.41, 5.74) is 0.746. The second-order valence-corrected chi connectivity index (χ2v) is 5.81. The first-order valence-corrected chi connectivity index (χ1v) is 7.32. The molecule has 0 amide bonds. The first-order valence-electron chi connectivity index (χ1n) is 5.13. The number of hydrogen-bond acceptors (Lipinski definition) is 4. The highest BCUT2D eigenvalue weighted by atomic mass is 79.9. The third kappa shape index (κ3) is 4.58. The van der Waals surface area contributed by atoms with Gasteiger partial charge in [-0.2, -0.15) is 17.0 Å². The molecule has 1 atom stereocenters. The summed E-state index contributed by atoms with van der Waals surface area (Å²) < 4.78 is 0.830.